The van der Waals surface area contributed by atoms with Crippen LogP contribution in [0.25, 0.3) is 0 Å². The number of hydrogen-bond acceptors (Lipinski definition) is 6. The van der Waals surface area contributed by atoms with Crippen molar-refractivity contribution in [3.8, 4) is 0 Å². The number of Topliss-reactive ketones (excluding diaryl/α,β-unsaturated/α-hetero) is 1. The Labute approximate surface area is 118 Å². The molecule has 0 spiro atoms. The van der Waals surface area contributed by atoms with E-state index in [1.165, 1.54) is 7.11 Å². The molecule has 0 rings (SSSR count). The predicted octanol–water partition coefficient (Wildman–Crippen LogP) is 0.458. The zero-order valence-corrected chi connectivity index (χ0v) is 11.9. The molecule has 0 heterocycles. The van der Waals surface area contributed by atoms with Gasteiger partial charge < -0.3 is 25.7 Å². The van der Waals surface area contributed by atoms with Crippen molar-refractivity contribution in [1.29, 1.82) is 5.41 Å². The largest absolute Gasteiger partial charge is 0.481 e. The number of ketones is 1. The molecule has 0 unspecified atom stereocenters. The molecule has 0 radical (unpaired) electrons. The maximum atomic E-state index is 11.6. The Balaban J connectivity index is 4.10. The number of aliphatic carboxylic acids is 1. The normalized spacial score (nSPS) is 12.1. The molecule has 0 aromatic carbocycles. The van der Waals surface area contributed by atoms with Gasteiger partial charge in [-0.15, -0.1) is 0 Å². The van der Waals surface area contributed by atoms with Crippen molar-refractivity contribution in [1.82, 2.24) is 0 Å². The summed E-state index contributed by atoms with van der Waals surface area (Å²) in [5, 5.41) is 16.8. The lowest BCUT2D eigenvalue weighted by molar-refractivity contribution is -0.139. The molecule has 0 aromatic rings. The molecule has 7 heteroatoms. The summed E-state index contributed by atoms with van der Waals surface area (Å²) < 4.78 is 9.80. The Morgan fingerprint density at radius 1 is 1.30 bits per heavy atom. The minimum Gasteiger partial charge on any atom is -0.481 e. The highest BCUT2D eigenvalue weighted by Crippen LogP contribution is 2.12. The summed E-state index contributed by atoms with van der Waals surface area (Å²) in [5.74, 6) is -2.28. The molecule has 116 valence electrons. The van der Waals surface area contributed by atoms with E-state index in [-0.39, 0.29) is 24.5 Å². The number of nitrogens with one attached hydrogen (secondary N) is 1. The van der Waals surface area contributed by atoms with Crippen molar-refractivity contribution in [3.63, 3.8) is 0 Å². The van der Waals surface area contributed by atoms with Gasteiger partial charge in [-0.2, -0.15) is 0 Å². The molecule has 0 amide bonds. The van der Waals surface area contributed by atoms with E-state index in [2.05, 4.69) is 0 Å². The highest BCUT2D eigenvalue weighted by atomic mass is 16.5. The Hall–Kier alpha value is -1.31. The number of unbranched alkanes of at least 4 members (excludes halogenated alkanes) is 1. The smallest absolute Gasteiger partial charge is 0.312 e. The first-order valence-electron chi connectivity index (χ1n) is 6.61. The van der Waals surface area contributed by atoms with Gasteiger partial charge in [0.1, 0.15) is 6.61 Å². The zero-order chi connectivity index (χ0) is 15.4. The highest BCUT2D eigenvalue weighted by molar-refractivity contribution is 6.08. The number of carboxylic acid groups (broad SMARTS) is 1. The Morgan fingerprint density at radius 3 is 2.55 bits per heavy atom. The van der Waals surface area contributed by atoms with Crippen molar-refractivity contribution >= 4 is 17.5 Å². The van der Waals surface area contributed by atoms with Crippen LogP contribution in [0, 0.1) is 11.3 Å². The van der Waals surface area contributed by atoms with Crippen LogP contribution in [0.5, 0.6) is 0 Å². The second kappa shape index (κ2) is 11.5. The summed E-state index contributed by atoms with van der Waals surface area (Å²) in [6.45, 7) is 1.06. The first-order chi connectivity index (χ1) is 9.52. The van der Waals surface area contributed by atoms with Crippen LogP contribution in [0.1, 0.15) is 25.7 Å². The zero-order valence-electron chi connectivity index (χ0n) is 11.9. The van der Waals surface area contributed by atoms with Crippen molar-refractivity contribution in [3.05, 3.63) is 0 Å². The highest BCUT2D eigenvalue weighted by Gasteiger charge is 2.23. The average molecular weight is 288 g/mol. The van der Waals surface area contributed by atoms with Gasteiger partial charge in [-0.3, -0.25) is 9.59 Å². The maximum absolute atomic E-state index is 11.6. The molecular weight excluding hydrogens is 264 g/mol. The molecule has 0 aliphatic rings. The van der Waals surface area contributed by atoms with Gasteiger partial charge in [0.15, 0.2) is 5.78 Å². The van der Waals surface area contributed by atoms with Gasteiger partial charge in [-0.25, -0.2) is 0 Å². The molecular formula is C13H24N2O5. The third-order valence-electron chi connectivity index (χ3n) is 2.75. The van der Waals surface area contributed by atoms with E-state index in [1.807, 2.05) is 0 Å². The molecule has 0 saturated heterocycles. The summed E-state index contributed by atoms with van der Waals surface area (Å²) in [4.78, 5) is 22.6. The SMILES string of the molecule is COCCOCC(=O)CC(=N)[C@@H](CCCCN)C(=O)O. The first-order valence-corrected chi connectivity index (χ1v) is 6.61. The van der Waals surface area contributed by atoms with Crippen LogP contribution in [0.3, 0.4) is 0 Å². The molecule has 0 aromatic heterocycles. The van der Waals surface area contributed by atoms with E-state index in [9.17, 15) is 9.59 Å². The molecule has 0 saturated carbocycles. The molecule has 0 aliphatic heterocycles. The lowest BCUT2D eigenvalue weighted by Gasteiger charge is -2.13. The number of rotatable bonds is 13. The Kier molecular flexibility index (Phi) is 10.8. The number of hydrogen-bond donors (Lipinski definition) is 3. The van der Waals surface area contributed by atoms with Crippen molar-refractivity contribution < 1.29 is 24.2 Å². The van der Waals surface area contributed by atoms with Gasteiger partial charge in [-0.1, -0.05) is 6.42 Å². The van der Waals surface area contributed by atoms with Gasteiger partial charge in [0.25, 0.3) is 0 Å². The van der Waals surface area contributed by atoms with E-state index in [4.69, 9.17) is 25.7 Å². The molecule has 4 N–H and O–H groups in total. The number of ether oxygens (including phenoxy) is 2. The molecule has 1 atom stereocenters. The van der Waals surface area contributed by atoms with E-state index >= 15 is 0 Å². The van der Waals surface area contributed by atoms with Crippen molar-refractivity contribution in [2.75, 3.05) is 33.5 Å². The second-order valence-electron chi connectivity index (χ2n) is 4.46. The first kappa shape index (κ1) is 18.7. The molecule has 0 bridgehead atoms. The minimum absolute atomic E-state index is 0.0742. The van der Waals surface area contributed by atoms with E-state index < -0.39 is 11.9 Å². The lowest BCUT2D eigenvalue weighted by Crippen LogP contribution is -2.27. The average Bonchev–Trinajstić information content (AvgIpc) is 2.39. The third kappa shape index (κ3) is 8.73. The summed E-state index contributed by atoms with van der Waals surface area (Å²) >= 11 is 0. The fraction of sp³-hybridized carbons (Fsp3) is 0.769. The summed E-state index contributed by atoms with van der Waals surface area (Å²) in [7, 11) is 1.53. The predicted molar refractivity (Wildman–Crippen MR) is 74.1 cm³/mol. The van der Waals surface area contributed by atoms with Crippen LogP contribution in [-0.2, 0) is 19.1 Å². The second-order valence-corrected chi connectivity index (χ2v) is 4.46. The summed E-state index contributed by atoms with van der Waals surface area (Å²) in [5.41, 5.74) is 5.27. The van der Waals surface area contributed by atoms with Gasteiger partial charge in [-0.05, 0) is 19.4 Å². The van der Waals surface area contributed by atoms with E-state index in [0.29, 0.717) is 39.0 Å². The molecule has 0 fully saturated rings. The van der Waals surface area contributed by atoms with Crippen molar-refractivity contribution in [2.24, 2.45) is 11.7 Å². The van der Waals surface area contributed by atoms with E-state index in [0.717, 1.165) is 0 Å². The fourth-order valence-corrected chi connectivity index (χ4v) is 1.65. The summed E-state index contributed by atoms with van der Waals surface area (Å²) in [6.07, 6.45) is 1.50. The van der Waals surface area contributed by atoms with Crippen LogP contribution in [0.15, 0.2) is 0 Å². The quantitative estimate of drug-likeness (QED) is 0.334. The lowest BCUT2D eigenvalue weighted by atomic mass is 9.93. The van der Waals surface area contributed by atoms with Gasteiger partial charge in [0.2, 0.25) is 0 Å². The number of carbonyl (C=O) groups is 2. The van der Waals surface area contributed by atoms with Crippen LogP contribution >= 0.6 is 0 Å². The molecule has 20 heavy (non-hydrogen) atoms. The standard InChI is InChI=1S/C13H24N2O5/c1-19-6-7-20-9-10(16)8-12(15)11(13(17)18)4-2-3-5-14/h11,15H,2-9,14H2,1H3,(H,17,18)/t11-/m1/s1. The fourth-order valence-electron chi connectivity index (χ4n) is 1.65. The van der Waals surface area contributed by atoms with E-state index in [1.54, 1.807) is 0 Å². The van der Waals surface area contributed by atoms with Crippen molar-refractivity contribution in [2.45, 2.75) is 25.7 Å². The van der Waals surface area contributed by atoms with Gasteiger partial charge in [0, 0.05) is 19.2 Å². The number of methoxy groups -OCH3 is 1. The number of nitrogens with two attached hydrogens (primary N) is 1. The van der Waals surface area contributed by atoms with Crippen LogP contribution in [0.2, 0.25) is 0 Å². The Bertz CT molecular complexity index is 320. The van der Waals surface area contributed by atoms with Gasteiger partial charge >= 0.3 is 5.97 Å². The van der Waals surface area contributed by atoms with Crippen LogP contribution in [0.4, 0.5) is 0 Å². The summed E-state index contributed by atoms with van der Waals surface area (Å²) in [6, 6.07) is 0. The Morgan fingerprint density at radius 2 is 2.00 bits per heavy atom. The molecule has 7 nitrogen and oxygen atoms in total. The topological polar surface area (TPSA) is 123 Å². The monoisotopic (exact) mass is 288 g/mol. The number of carbonyl (C=O) groups excluding carboxylic acids is 1. The minimum atomic E-state index is -1.07. The van der Waals surface area contributed by atoms with Crippen LogP contribution < -0.4 is 5.73 Å². The number of carboxylic acids is 1. The maximum Gasteiger partial charge on any atom is 0.312 e. The third-order valence-corrected chi connectivity index (χ3v) is 2.75. The molecule has 0 aliphatic carbocycles. The van der Waals surface area contributed by atoms with Crippen LogP contribution in [-0.4, -0.2) is 56.0 Å². The van der Waals surface area contributed by atoms with Gasteiger partial charge in [0.05, 0.1) is 19.1 Å².